The van der Waals surface area contributed by atoms with Gasteiger partial charge in [0, 0.05) is 30.1 Å². The third-order valence-corrected chi connectivity index (χ3v) is 4.58. The average Bonchev–Trinajstić information content (AvgIpc) is 3.00. The van der Waals surface area contributed by atoms with Crippen molar-refractivity contribution in [3.63, 3.8) is 0 Å². The fraction of sp³-hybridized carbons (Fsp3) is 0.500. The molecule has 1 amide bonds. The number of fused-ring (bicyclic) bond motifs is 1. The van der Waals surface area contributed by atoms with Crippen molar-refractivity contribution in [3.8, 4) is 5.75 Å². The number of hydrogen-bond acceptors (Lipinski definition) is 4. The molecule has 124 valence electrons. The molecule has 6 nitrogen and oxygen atoms in total. The van der Waals surface area contributed by atoms with E-state index in [4.69, 9.17) is 21.4 Å². The second-order valence-electron chi connectivity index (χ2n) is 5.94. The Kier molecular flexibility index (Phi) is 4.73. The molecular weight excluding hydrogens is 320 g/mol. The Hall–Kier alpha value is -1.79. The predicted molar refractivity (Wildman–Crippen MR) is 84.6 cm³/mol. The smallest absolute Gasteiger partial charge is 0.320 e. The van der Waals surface area contributed by atoms with Crippen molar-refractivity contribution in [2.45, 2.75) is 31.8 Å². The van der Waals surface area contributed by atoms with Gasteiger partial charge in [0.2, 0.25) is 5.91 Å². The van der Waals surface area contributed by atoms with Gasteiger partial charge in [0.1, 0.15) is 11.8 Å². The molecule has 1 saturated heterocycles. The maximum absolute atomic E-state index is 12.3. The van der Waals surface area contributed by atoms with E-state index in [1.54, 1.807) is 0 Å². The van der Waals surface area contributed by atoms with Crippen molar-refractivity contribution in [2.24, 2.45) is 5.92 Å². The summed E-state index contributed by atoms with van der Waals surface area (Å²) in [4.78, 5) is 23.2. The SMILES string of the molecule is O=C(NCc1cc(Cl)cc2c1OCC2)C1CCC(C(=O)O)NC1. The molecule has 0 radical (unpaired) electrons. The molecule has 7 heteroatoms. The lowest BCUT2D eigenvalue weighted by atomic mass is 9.94. The van der Waals surface area contributed by atoms with E-state index in [0.717, 1.165) is 23.3 Å². The zero-order chi connectivity index (χ0) is 16.4. The molecule has 23 heavy (non-hydrogen) atoms. The van der Waals surface area contributed by atoms with Crippen LogP contribution < -0.4 is 15.4 Å². The third kappa shape index (κ3) is 3.59. The first-order valence-corrected chi connectivity index (χ1v) is 8.10. The van der Waals surface area contributed by atoms with Crippen LogP contribution >= 0.6 is 11.6 Å². The van der Waals surface area contributed by atoms with Gasteiger partial charge in [-0.3, -0.25) is 9.59 Å². The van der Waals surface area contributed by atoms with Crippen LogP contribution in [0.3, 0.4) is 0 Å². The van der Waals surface area contributed by atoms with E-state index in [2.05, 4.69) is 10.6 Å². The molecule has 2 aliphatic heterocycles. The Morgan fingerprint density at radius 3 is 2.91 bits per heavy atom. The minimum Gasteiger partial charge on any atom is -0.493 e. The van der Waals surface area contributed by atoms with Crippen molar-refractivity contribution in [1.29, 1.82) is 0 Å². The van der Waals surface area contributed by atoms with Gasteiger partial charge >= 0.3 is 5.97 Å². The van der Waals surface area contributed by atoms with Crippen molar-refractivity contribution < 1.29 is 19.4 Å². The minimum absolute atomic E-state index is 0.0759. The van der Waals surface area contributed by atoms with E-state index in [-0.39, 0.29) is 11.8 Å². The number of carbonyl (C=O) groups is 2. The van der Waals surface area contributed by atoms with E-state index in [0.29, 0.717) is 37.6 Å². The highest BCUT2D eigenvalue weighted by atomic mass is 35.5. The summed E-state index contributed by atoms with van der Waals surface area (Å²) in [5.41, 5.74) is 1.95. The molecule has 0 aromatic heterocycles. The van der Waals surface area contributed by atoms with Crippen LogP contribution in [0.1, 0.15) is 24.0 Å². The lowest BCUT2D eigenvalue weighted by Crippen LogP contribution is -2.48. The first-order valence-electron chi connectivity index (χ1n) is 7.72. The maximum Gasteiger partial charge on any atom is 0.320 e. The summed E-state index contributed by atoms with van der Waals surface area (Å²) in [7, 11) is 0. The number of hydrogen-bond donors (Lipinski definition) is 3. The average molecular weight is 339 g/mol. The minimum atomic E-state index is -0.865. The van der Waals surface area contributed by atoms with Crippen LogP contribution in [0.5, 0.6) is 5.75 Å². The Bertz CT molecular complexity index is 627. The van der Waals surface area contributed by atoms with E-state index >= 15 is 0 Å². The standard InChI is InChI=1S/C16H19ClN2O4/c17-12-5-9-3-4-23-14(9)11(6-12)8-19-15(20)10-1-2-13(16(21)22)18-7-10/h5-6,10,13,18H,1-4,7-8H2,(H,19,20)(H,21,22). The molecule has 2 unspecified atom stereocenters. The summed E-state index contributed by atoms with van der Waals surface area (Å²) < 4.78 is 5.62. The molecule has 1 fully saturated rings. The van der Waals surface area contributed by atoms with Gasteiger partial charge in [-0.2, -0.15) is 0 Å². The lowest BCUT2D eigenvalue weighted by molar-refractivity contribution is -0.141. The number of rotatable bonds is 4. The number of carboxylic acid groups (broad SMARTS) is 1. The number of nitrogens with one attached hydrogen (secondary N) is 2. The Labute approximate surface area is 139 Å². The molecule has 3 rings (SSSR count). The normalized spacial score (nSPS) is 23.0. The topological polar surface area (TPSA) is 87.7 Å². The van der Waals surface area contributed by atoms with Gasteiger partial charge in [0.25, 0.3) is 0 Å². The molecule has 1 aromatic rings. The first-order chi connectivity index (χ1) is 11.0. The van der Waals surface area contributed by atoms with E-state index in [9.17, 15) is 9.59 Å². The highest BCUT2D eigenvalue weighted by Gasteiger charge is 2.29. The van der Waals surface area contributed by atoms with E-state index in [1.165, 1.54) is 0 Å². The van der Waals surface area contributed by atoms with Crippen LogP contribution in [0.25, 0.3) is 0 Å². The summed E-state index contributed by atoms with van der Waals surface area (Å²) in [6.07, 6.45) is 1.86. The van der Waals surface area contributed by atoms with Crippen LogP contribution in [0.2, 0.25) is 5.02 Å². The van der Waals surface area contributed by atoms with Gasteiger partial charge in [-0.15, -0.1) is 0 Å². The highest BCUT2D eigenvalue weighted by Crippen LogP contribution is 2.32. The summed E-state index contributed by atoms with van der Waals surface area (Å²) in [5, 5.41) is 15.4. The van der Waals surface area contributed by atoms with Gasteiger partial charge in [-0.1, -0.05) is 11.6 Å². The fourth-order valence-corrected chi connectivity index (χ4v) is 3.36. The molecule has 2 heterocycles. The Morgan fingerprint density at radius 2 is 2.22 bits per heavy atom. The van der Waals surface area contributed by atoms with Crippen LogP contribution in [-0.4, -0.2) is 36.2 Å². The van der Waals surface area contributed by atoms with Gasteiger partial charge < -0.3 is 20.5 Å². The number of halogens is 1. The molecule has 2 atom stereocenters. The van der Waals surface area contributed by atoms with Crippen LogP contribution in [0.15, 0.2) is 12.1 Å². The second kappa shape index (κ2) is 6.76. The maximum atomic E-state index is 12.3. The Balaban J connectivity index is 1.57. The largest absolute Gasteiger partial charge is 0.493 e. The quantitative estimate of drug-likeness (QED) is 0.771. The molecule has 1 aromatic carbocycles. The monoisotopic (exact) mass is 338 g/mol. The Morgan fingerprint density at radius 1 is 1.39 bits per heavy atom. The van der Waals surface area contributed by atoms with Gasteiger partial charge in [-0.25, -0.2) is 0 Å². The molecule has 0 aliphatic carbocycles. The fourth-order valence-electron chi connectivity index (χ4n) is 3.10. The second-order valence-corrected chi connectivity index (χ2v) is 6.38. The van der Waals surface area contributed by atoms with E-state index in [1.807, 2.05) is 12.1 Å². The molecule has 3 N–H and O–H groups in total. The molecule has 0 bridgehead atoms. The molecule has 0 saturated carbocycles. The van der Waals surface area contributed by atoms with Crippen LogP contribution in [0, 0.1) is 5.92 Å². The van der Waals surface area contributed by atoms with Crippen molar-refractivity contribution in [1.82, 2.24) is 10.6 Å². The molecule has 0 spiro atoms. The number of carboxylic acids is 1. The number of piperidine rings is 1. The van der Waals surface area contributed by atoms with Crippen molar-refractivity contribution in [3.05, 3.63) is 28.3 Å². The molecular formula is C16H19ClN2O4. The third-order valence-electron chi connectivity index (χ3n) is 4.36. The summed E-state index contributed by atoms with van der Waals surface area (Å²) in [5.74, 6) is -0.329. The zero-order valence-electron chi connectivity index (χ0n) is 12.6. The lowest BCUT2D eigenvalue weighted by Gasteiger charge is -2.26. The van der Waals surface area contributed by atoms with Gasteiger partial charge in [0.05, 0.1) is 12.5 Å². The number of benzene rings is 1. The van der Waals surface area contributed by atoms with Crippen LogP contribution in [-0.2, 0) is 22.6 Å². The first kappa shape index (κ1) is 16.1. The van der Waals surface area contributed by atoms with E-state index < -0.39 is 12.0 Å². The number of amides is 1. The van der Waals surface area contributed by atoms with Gasteiger partial charge in [0.15, 0.2) is 0 Å². The summed E-state index contributed by atoms with van der Waals surface area (Å²) in [6, 6.07) is 3.15. The predicted octanol–water partition coefficient (Wildman–Crippen LogP) is 1.34. The van der Waals surface area contributed by atoms with Crippen LogP contribution in [0.4, 0.5) is 0 Å². The van der Waals surface area contributed by atoms with Crippen molar-refractivity contribution in [2.75, 3.05) is 13.2 Å². The van der Waals surface area contributed by atoms with Gasteiger partial charge in [-0.05, 0) is 30.5 Å². The highest BCUT2D eigenvalue weighted by molar-refractivity contribution is 6.30. The zero-order valence-corrected chi connectivity index (χ0v) is 13.4. The number of ether oxygens (including phenoxy) is 1. The van der Waals surface area contributed by atoms with Crippen molar-refractivity contribution >= 4 is 23.5 Å². The summed E-state index contributed by atoms with van der Waals surface area (Å²) in [6.45, 7) is 1.38. The number of aliphatic carboxylic acids is 1. The number of carbonyl (C=O) groups excluding carboxylic acids is 1. The summed E-state index contributed by atoms with van der Waals surface area (Å²) >= 11 is 6.10. The molecule has 2 aliphatic rings.